The van der Waals surface area contributed by atoms with Crippen LogP contribution in [0.15, 0.2) is 30.3 Å². The molecule has 19 heavy (non-hydrogen) atoms. The summed E-state index contributed by atoms with van der Waals surface area (Å²) in [5.74, 6) is 0. The minimum Gasteiger partial charge on any atom is -0.445 e. The zero-order valence-corrected chi connectivity index (χ0v) is 11.0. The van der Waals surface area contributed by atoms with Crippen LogP contribution in [0.5, 0.6) is 0 Å². The number of amides is 1. The first-order chi connectivity index (χ1) is 9.27. The van der Waals surface area contributed by atoms with Gasteiger partial charge in [-0.2, -0.15) is 0 Å². The highest BCUT2D eigenvalue weighted by Gasteiger charge is 2.43. The van der Waals surface area contributed by atoms with Crippen molar-refractivity contribution < 1.29 is 14.3 Å². The first-order valence-corrected chi connectivity index (χ1v) is 6.87. The van der Waals surface area contributed by atoms with Crippen LogP contribution < -0.4 is 0 Å². The number of nitrogens with zero attached hydrogens (tertiary/aromatic N) is 1. The lowest BCUT2D eigenvalue weighted by Gasteiger charge is -2.47. The van der Waals surface area contributed by atoms with Gasteiger partial charge in [-0.15, -0.1) is 0 Å². The van der Waals surface area contributed by atoms with Crippen molar-refractivity contribution in [1.29, 1.82) is 0 Å². The molecule has 102 valence electrons. The molecule has 2 aliphatic heterocycles. The highest BCUT2D eigenvalue weighted by atomic mass is 16.6. The van der Waals surface area contributed by atoms with Crippen molar-refractivity contribution in [3.63, 3.8) is 0 Å². The number of rotatable bonds is 2. The normalized spacial score (nSPS) is 26.0. The van der Waals surface area contributed by atoms with E-state index in [9.17, 15) is 4.79 Å². The van der Waals surface area contributed by atoms with Crippen LogP contribution in [0.4, 0.5) is 4.79 Å². The summed E-state index contributed by atoms with van der Waals surface area (Å²) in [6.45, 7) is 2.62. The van der Waals surface area contributed by atoms with E-state index in [4.69, 9.17) is 9.47 Å². The van der Waals surface area contributed by atoms with E-state index in [1.165, 1.54) is 0 Å². The van der Waals surface area contributed by atoms with Crippen molar-refractivity contribution >= 4 is 6.09 Å². The Labute approximate surface area is 113 Å². The standard InChI is InChI=1S/C15H19NO3/c17-14(18-11-13-5-2-1-3-6-13)16-9-4-7-15(12-16)8-10-19-15/h1-3,5-6H,4,7-12H2/t15-/m1/s1. The minimum atomic E-state index is -0.224. The molecule has 1 aromatic carbocycles. The summed E-state index contributed by atoms with van der Waals surface area (Å²) in [5, 5.41) is 0. The molecule has 1 atom stereocenters. The van der Waals surface area contributed by atoms with Gasteiger partial charge in [0.15, 0.2) is 0 Å². The summed E-state index contributed by atoms with van der Waals surface area (Å²) in [6.07, 6.45) is 2.91. The number of benzene rings is 1. The van der Waals surface area contributed by atoms with Crippen molar-refractivity contribution in [3.8, 4) is 0 Å². The van der Waals surface area contributed by atoms with E-state index in [1.807, 2.05) is 30.3 Å². The Bertz CT molecular complexity index is 442. The molecule has 4 nitrogen and oxygen atoms in total. The Morgan fingerprint density at radius 1 is 1.32 bits per heavy atom. The average Bonchev–Trinajstić information content (AvgIpc) is 2.44. The lowest BCUT2D eigenvalue weighted by molar-refractivity contribution is -0.173. The molecular weight excluding hydrogens is 242 g/mol. The molecule has 0 aliphatic carbocycles. The molecule has 4 heteroatoms. The second-order valence-electron chi connectivity index (χ2n) is 5.35. The van der Waals surface area contributed by atoms with Gasteiger partial charge < -0.3 is 14.4 Å². The Hall–Kier alpha value is -1.55. The van der Waals surface area contributed by atoms with E-state index in [-0.39, 0.29) is 11.7 Å². The van der Waals surface area contributed by atoms with Crippen LogP contribution in [-0.2, 0) is 16.1 Å². The highest BCUT2D eigenvalue weighted by Crippen LogP contribution is 2.35. The number of ether oxygens (including phenoxy) is 2. The maximum Gasteiger partial charge on any atom is 0.410 e. The van der Waals surface area contributed by atoms with Crippen LogP contribution in [0.1, 0.15) is 24.8 Å². The summed E-state index contributed by atoms with van der Waals surface area (Å²) in [6, 6.07) is 9.76. The zero-order chi connectivity index (χ0) is 13.1. The van der Waals surface area contributed by atoms with Crippen LogP contribution in [0.3, 0.4) is 0 Å². The number of likely N-dealkylation sites (tertiary alicyclic amines) is 1. The fraction of sp³-hybridized carbons (Fsp3) is 0.533. The summed E-state index contributed by atoms with van der Waals surface area (Å²) in [7, 11) is 0. The van der Waals surface area contributed by atoms with Crippen LogP contribution in [0.2, 0.25) is 0 Å². The topological polar surface area (TPSA) is 38.8 Å². The number of carbonyl (C=O) groups is 1. The summed E-state index contributed by atoms with van der Waals surface area (Å²) in [5.41, 5.74) is 0.951. The van der Waals surface area contributed by atoms with Gasteiger partial charge in [0.2, 0.25) is 0 Å². The molecule has 0 aromatic heterocycles. The van der Waals surface area contributed by atoms with Crippen molar-refractivity contribution in [3.05, 3.63) is 35.9 Å². The van der Waals surface area contributed by atoms with E-state index < -0.39 is 0 Å². The molecule has 2 aliphatic rings. The van der Waals surface area contributed by atoms with Crippen molar-refractivity contribution in [2.75, 3.05) is 19.7 Å². The lowest BCUT2D eigenvalue weighted by atomic mass is 9.86. The molecule has 1 aromatic rings. The predicted octanol–water partition coefficient (Wildman–Crippen LogP) is 2.58. The minimum absolute atomic E-state index is 0.0655. The fourth-order valence-corrected chi connectivity index (χ4v) is 2.78. The molecular formula is C15H19NO3. The van der Waals surface area contributed by atoms with Gasteiger partial charge in [-0.1, -0.05) is 30.3 Å². The van der Waals surface area contributed by atoms with Crippen LogP contribution >= 0.6 is 0 Å². The van der Waals surface area contributed by atoms with Crippen molar-refractivity contribution in [2.24, 2.45) is 0 Å². The van der Waals surface area contributed by atoms with E-state index in [0.29, 0.717) is 13.2 Å². The van der Waals surface area contributed by atoms with Gasteiger partial charge in [0.25, 0.3) is 0 Å². The van der Waals surface area contributed by atoms with Gasteiger partial charge in [-0.3, -0.25) is 0 Å². The maximum atomic E-state index is 12.0. The fourth-order valence-electron chi connectivity index (χ4n) is 2.78. The molecule has 0 saturated carbocycles. The second-order valence-corrected chi connectivity index (χ2v) is 5.35. The molecule has 0 N–H and O–H groups in total. The van der Waals surface area contributed by atoms with E-state index >= 15 is 0 Å². The third-order valence-electron chi connectivity index (χ3n) is 3.97. The van der Waals surface area contributed by atoms with Crippen LogP contribution in [-0.4, -0.2) is 36.3 Å². The van der Waals surface area contributed by atoms with Gasteiger partial charge in [0.05, 0.1) is 18.8 Å². The molecule has 0 radical (unpaired) electrons. The van der Waals surface area contributed by atoms with E-state index in [1.54, 1.807) is 4.90 Å². The lowest BCUT2D eigenvalue weighted by Crippen LogP contribution is -2.57. The number of hydrogen-bond donors (Lipinski definition) is 0. The van der Waals surface area contributed by atoms with Gasteiger partial charge in [0.1, 0.15) is 6.61 Å². The van der Waals surface area contributed by atoms with Gasteiger partial charge in [-0.05, 0) is 18.4 Å². The van der Waals surface area contributed by atoms with Gasteiger partial charge in [-0.25, -0.2) is 4.79 Å². The average molecular weight is 261 g/mol. The summed E-state index contributed by atoms with van der Waals surface area (Å²) >= 11 is 0. The molecule has 3 rings (SSSR count). The van der Waals surface area contributed by atoms with Gasteiger partial charge >= 0.3 is 6.09 Å². The van der Waals surface area contributed by atoms with Crippen LogP contribution in [0.25, 0.3) is 0 Å². The smallest absolute Gasteiger partial charge is 0.410 e. The molecule has 2 heterocycles. The van der Waals surface area contributed by atoms with Crippen molar-refractivity contribution in [2.45, 2.75) is 31.5 Å². The SMILES string of the molecule is O=C(OCc1ccccc1)N1CCC[C@@]2(CCO2)C1. The molecule has 0 unspecified atom stereocenters. The van der Waals surface area contributed by atoms with E-state index in [2.05, 4.69) is 0 Å². The Kier molecular flexibility index (Phi) is 3.42. The van der Waals surface area contributed by atoms with Gasteiger partial charge in [0, 0.05) is 13.0 Å². The maximum absolute atomic E-state index is 12.0. The molecule has 1 spiro atoms. The third kappa shape index (κ3) is 2.73. The monoisotopic (exact) mass is 261 g/mol. The third-order valence-corrected chi connectivity index (χ3v) is 3.97. The number of carbonyl (C=O) groups excluding carboxylic acids is 1. The summed E-state index contributed by atoms with van der Waals surface area (Å²) in [4.78, 5) is 13.8. The predicted molar refractivity (Wildman–Crippen MR) is 70.7 cm³/mol. The van der Waals surface area contributed by atoms with Crippen LogP contribution in [0, 0.1) is 0 Å². The van der Waals surface area contributed by atoms with Crippen molar-refractivity contribution in [1.82, 2.24) is 4.90 Å². The summed E-state index contributed by atoms with van der Waals surface area (Å²) < 4.78 is 11.0. The molecule has 1 amide bonds. The molecule has 2 fully saturated rings. The zero-order valence-electron chi connectivity index (χ0n) is 11.0. The quantitative estimate of drug-likeness (QED) is 0.821. The first kappa shape index (κ1) is 12.5. The Morgan fingerprint density at radius 2 is 2.11 bits per heavy atom. The molecule has 0 bridgehead atoms. The number of piperidine rings is 1. The van der Waals surface area contributed by atoms with E-state index in [0.717, 1.165) is 38.0 Å². The Balaban J connectivity index is 1.52. The number of hydrogen-bond acceptors (Lipinski definition) is 3. The highest BCUT2D eigenvalue weighted by molar-refractivity contribution is 5.68. The second kappa shape index (κ2) is 5.21. The largest absolute Gasteiger partial charge is 0.445 e. The Morgan fingerprint density at radius 3 is 2.79 bits per heavy atom. The molecule has 2 saturated heterocycles. The first-order valence-electron chi connectivity index (χ1n) is 6.87.